The van der Waals surface area contributed by atoms with Crippen LogP contribution in [0.5, 0.6) is 0 Å². The topological polar surface area (TPSA) is 69.3 Å². The smallest absolute Gasteiger partial charge is 0.224 e. The monoisotopic (exact) mass is 360 g/mol. The number of nitrogens with zero attached hydrogens (tertiary/aromatic N) is 3. The predicted molar refractivity (Wildman–Crippen MR) is 101 cm³/mol. The third-order valence-corrected chi connectivity index (χ3v) is 5.87. The van der Waals surface area contributed by atoms with Crippen LogP contribution in [0.4, 0.5) is 0 Å². The number of H-pyrrole nitrogens is 1. The van der Waals surface area contributed by atoms with Crippen LogP contribution in [0.25, 0.3) is 0 Å². The highest BCUT2D eigenvalue weighted by Crippen LogP contribution is 2.32. The van der Waals surface area contributed by atoms with E-state index >= 15 is 0 Å². The van der Waals surface area contributed by atoms with Gasteiger partial charge in [-0.2, -0.15) is 5.10 Å². The van der Waals surface area contributed by atoms with Crippen molar-refractivity contribution in [3.8, 4) is 0 Å². The largest absolute Gasteiger partial charge is 0.340 e. The normalized spacial score (nSPS) is 21.4. The van der Waals surface area contributed by atoms with Gasteiger partial charge in [0.25, 0.3) is 0 Å². The van der Waals surface area contributed by atoms with Gasteiger partial charge in [0.15, 0.2) is 0 Å². The summed E-state index contributed by atoms with van der Waals surface area (Å²) < 4.78 is 0. The number of aromatic nitrogens is 2. The summed E-state index contributed by atoms with van der Waals surface area (Å²) in [5.74, 6) is 1.39. The summed E-state index contributed by atoms with van der Waals surface area (Å²) in [4.78, 5) is 29.5. The first-order valence-electron chi connectivity index (χ1n) is 9.94. The summed E-state index contributed by atoms with van der Waals surface area (Å²) in [7, 11) is 0. The minimum absolute atomic E-state index is 0.131. The van der Waals surface area contributed by atoms with Gasteiger partial charge in [-0.25, -0.2) is 0 Å². The molecule has 1 atom stereocenters. The Balaban J connectivity index is 1.65. The first kappa shape index (κ1) is 18.9. The molecule has 1 aromatic heterocycles. The van der Waals surface area contributed by atoms with Crippen molar-refractivity contribution in [2.45, 2.75) is 65.8 Å². The molecule has 1 unspecified atom stereocenters. The summed E-state index contributed by atoms with van der Waals surface area (Å²) in [5, 5.41) is 7.19. The number of hydrogen-bond acceptors (Lipinski definition) is 3. The van der Waals surface area contributed by atoms with Gasteiger partial charge < -0.3 is 9.80 Å². The number of carbonyl (C=O) groups excluding carboxylic acids is 2. The maximum Gasteiger partial charge on any atom is 0.224 e. The van der Waals surface area contributed by atoms with Gasteiger partial charge in [0.2, 0.25) is 11.8 Å². The average Bonchev–Trinajstić information content (AvgIpc) is 3.37. The summed E-state index contributed by atoms with van der Waals surface area (Å²) in [6.07, 6.45) is 4.10. The van der Waals surface area contributed by atoms with Crippen LogP contribution in [0, 0.1) is 25.7 Å². The molecule has 1 aliphatic carbocycles. The first-order valence-corrected chi connectivity index (χ1v) is 9.94. The molecule has 6 nitrogen and oxygen atoms in total. The van der Waals surface area contributed by atoms with Crippen LogP contribution in [0.15, 0.2) is 0 Å². The Bertz CT molecular complexity index is 643. The van der Waals surface area contributed by atoms with Crippen molar-refractivity contribution in [2.75, 3.05) is 19.6 Å². The summed E-state index contributed by atoms with van der Waals surface area (Å²) in [6.45, 7) is 10.4. The zero-order valence-corrected chi connectivity index (χ0v) is 16.5. The van der Waals surface area contributed by atoms with Gasteiger partial charge in [0.05, 0.1) is 11.7 Å². The van der Waals surface area contributed by atoms with Gasteiger partial charge >= 0.3 is 0 Å². The van der Waals surface area contributed by atoms with E-state index in [1.165, 1.54) is 12.8 Å². The number of amides is 2. The molecule has 26 heavy (non-hydrogen) atoms. The van der Waals surface area contributed by atoms with E-state index in [-0.39, 0.29) is 17.9 Å². The standard InChI is InChI=1S/C20H32N4O2/c1-13(2)18-12-23(10-9-20(26)24(18)11-16-5-6-16)19(25)8-7-17-14(3)21-22-15(17)4/h13,16,18H,5-12H2,1-4H3,(H,21,22). The molecular weight excluding hydrogens is 328 g/mol. The summed E-state index contributed by atoms with van der Waals surface area (Å²) in [6, 6.07) is 0.131. The third kappa shape index (κ3) is 4.27. The highest BCUT2D eigenvalue weighted by molar-refractivity contribution is 5.81. The fraction of sp³-hybridized carbons (Fsp3) is 0.750. The molecule has 144 valence electrons. The SMILES string of the molecule is Cc1n[nH]c(C)c1CCC(=O)N1CCC(=O)N(CC2CC2)C(C(C)C)C1. The molecule has 1 saturated heterocycles. The summed E-state index contributed by atoms with van der Waals surface area (Å²) in [5.41, 5.74) is 3.15. The van der Waals surface area contributed by atoms with E-state index in [9.17, 15) is 9.59 Å². The zero-order chi connectivity index (χ0) is 18.8. The quantitative estimate of drug-likeness (QED) is 0.847. The highest BCUT2D eigenvalue weighted by Gasteiger charge is 2.36. The van der Waals surface area contributed by atoms with Crippen molar-refractivity contribution in [1.82, 2.24) is 20.0 Å². The summed E-state index contributed by atoms with van der Waals surface area (Å²) >= 11 is 0. The van der Waals surface area contributed by atoms with Crippen molar-refractivity contribution >= 4 is 11.8 Å². The maximum absolute atomic E-state index is 12.9. The second-order valence-corrected chi connectivity index (χ2v) is 8.30. The molecule has 2 heterocycles. The van der Waals surface area contributed by atoms with Crippen LogP contribution in [0.1, 0.15) is 56.5 Å². The molecule has 1 N–H and O–H groups in total. The van der Waals surface area contributed by atoms with Crippen LogP contribution < -0.4 is 0 Å². The number of aryl methyl sites for hydroxylation is 2. The Morgan fingerprint density at radius 2 is 2.04 bits per heavy atom. The van der Waals surface area contributed by atoms with Gasteiger partial charge in [-0.1, -0.05) is 13.8 Å². The minimum Gasteiger partial charge on any atom is -0.340 e. The van der Waals surface area contributed by atoms with Gasteiger partial charge in [0, 0.05) is 38.2 Å². The lowest BCUT2D eigenvalue weighted by Gasteiger charge is -2.34. The Morgan fingerprint density at radius 3 is 2.62 bits per heavy atom. The van der Waals surface area contributed by atoms with E-state index in [0.29, 0.717) is 44.2 Å². The highest BCUT2D eigenvalue weighted by atomic mass is 16.2. The number of nitrogens with one attached hydrogen (secondary N) is 1. The van der Waals surface area contributed by atoms with Crippen LogP contribution in [-0.4, -0.2) is 57.5 Å². The predicted octanol–water partition coefficient (Wildman–Crippen LogP) is 2.45. The van der Waals surface area contributed by atoms with Crippen LogP contribution in [0.3, 0.4) is 0 Å². The Kier molecular flexibility index (Phi) is 5.68. The molecular formula is C20H32N4O2. The number of carbonyl (C=O) groups is 2. The molecule has 3 rings (SSSR count). The molecule has 2 fully saturated rings. The lowest BCUT2D eigenvalue weighted by atomic mass is 10.0. The van der Waals surface area contributed by atoms with Gasteiger partial charge in [-0.3, -0.25) is 14.7 Å². The molecule has 0 aromatic carbocycles. The van der Waals surface area contributed by atoms with Crippen LogP contribution in [0.2, 0.25) is 0 Å². The molecule has 1 aromatic rings. The van der Waals surface area contributed by atoms with E-state index in [0.717, 1.165) is 23.5 Å². The minimum atomic E-state index is 0.131. The van der Waals surface area contributed by atoms with Gasteiger partial charge in [-0.15, -0.1) is 0 Å². The van der Waals surface area contributed by atoms with Gasteiger partial charge in [0.1, 0.15) is 0 Å². The van der Waals surface area contributed by atoms with Crippen molar-refractivity contribution < 1.29 is 9.59 Å². The van der Waals surface area contributed by atoms with Crippen LogP contribution >= 0.6 is 0 Å². The molecule has 6 heteroatoms. The van der Waals surface area contributed by atoms with E-state index in [4.69, 9.17) is 0 Å². The van der Waals surface area contributed by atoms with E-state index in [1.807, 2.05) is 18.7 Å². The van der Waals surface area contributed by atoms with Crippen molar-refractivity contribution in [3.05, 3.63) is 17.0 Å². The lowest BCUT2D eigenvalue weighted by Crippen LogP contribution is -2.48. The number of aromatic amines is 1. The molecule has 0 bridgehead atoms. The van der Waals surface area contributed by atoms with E-state index in [2.05, 4.69) is 28.9 Å². The van der Waals surface area contributed by atoms with E-state index in [1.54, 1.807) is 0 Å². The molecule has 0 spiro atoms. The second-order valence-electron chi connectivity index (χ2n) is 8.30. The average molecular weight is 361 g/mol. The molecule has 2 aliphatic rings. The number of rotatable bonds is 6. The lowest BCUT2D eigenvalue weighted by molar-refractivity contribution is -0.134. The molecule has 0 radical (unpaired) electrons. The van der Waals surface area contributed by atoms with Crippen molar-refractivity contribution in [2.24, 2.45) is 11.8 Å². The third-order valence-electron chi connectivity index (χ3n) is 5.87. The molecule has 2 amide bonds. The fourth-order valence-electron chi connectivity index (χ4n) is 3.92. The maximum atomic E-state index is 12.9. The second kappa shape index (κ2) is 7.80. The molecule has 1 saturated carbocycles. The number of hydrogen-bond donors (Lipinski definition) is 1. The molecule has 1 aliphatic heterocycles. The zero-order valence-electron chi connectivity index (χ0n) is 16.5. The Hall–Kier alpha value is -1.85. The van der Waals surface area contributed by atoms with Gasteiger partial charge in [-0.05, 0) is 50.5 Å². The van der Waals surface area contributed by atoms with Crippen molar-refractivity contribution in [1.29, 1.82) is 0 Å². The van der Waals surface area contributed by atoms with E-state index < -0.39 is 0 Å². The van der Waals surface area contributed by atoms with Crippen molar-refractivity contribution in [3.63, 3.8) is 0 Å². The Morgan fingerprint density at radius 1 is 1.31 bits per heavy atom. The fourth-order valence-corrected chi connectivity index (χ4v) is 3.92. The Labute approximate surface area is 156 Å². The van der Waals surface area contributed by atoms with Crippen LogP contribution in [-0.2, 0) is 16.0 Å². The first-order chi connectivity index (χ1) is 12.4.